The topological polar surface area (TPSA) is 45.9 Å². The quantitative estimate of drug-likeness (QED) is 0.851. The number of amides is 1. The summed E-state index contributed by atoms with van der Waals surface area (Å²) in [5.41, 5.74) is 0. The molecule has 2 saturated heterocycles. The molecule has 1 unspecified atom stereocenters. The van der Waals surface area contributed by atoms with Crippen molar-refractivity contribution in [1.29, 1.82) is 0 Å². The van der Waals surface area contributed by atoms with Crippen molar-refractivity contribution in [1.82, 2.24) is 9.80 Å². The first-order chi connectivity index (χ1) is 10.3. The maximum Gasteiger partial charge on any atom is 0.227 e. The molecule has 2 aliphatic heterocycles. The molecule has 2 aliphatic rings. The smallest absolute Gasteiger partial charge is 0.227 e. The van der Waals surface area contributed by atoms with Gasteiger partial charge in [-0.05, 0) is 37.9 Å². The minimum atomic E-state index is 0.131. The lowest BCUT2D eigenvalue weighted by molar-refractivity contribution is -0.137. The zero-order valence-electron chi connectivity index (χ0n) is 12.5. The molecular formula is C16H24N2O3. The number of furan rings is 1. The summed E-state index contributed by atoms with van der Waals surface area (Å²) in [5.74, 6) is 1.42. The van der Waals surface area contributed by atoms with E-state index in [2.05, 4.69) is 4.90 Å². The molecular weight excluding hydrogens is 268 g/mol. The zero-order valence-corrected chi connectivity index (χ0v) is 12.5. The largest absolute Gasteiger partial charge is 0.468 e. The molecule has 1 aromatic heterocycles. The summed E-state index contributed by atoms with van der Waals surface area (Å²) in [6.45, 7) is 5.74. The fourth-order valence-electron chi connectivity index (χ4n) is 3.25. The average Bonchev–Trinajstić information content (AvgIpc) is 2.87. The van der Waals surface area contributed by atoms with Crippen molar-refractivity contribution < 1.29 is 13.9 Å². The maximum atomic E-state index is 12.7. The number of carbonyl (C=O) groups is 1. The highest BCUT2D eigenvalue weighted by atomic mass is 16.5. The van der Waals surface area contributed by atoms with E-state index in [-0.39, 0.29) is 5.92 Å². The summed E-state index contributed by atoms with van der Waals surface area (Å²) in [7, 11) is 0. The van der Waals surface area contributed by atoms with Crippen LogP contribution in [0.1, 0.15) is 25.0 Å². The molecule has 1 aromatic rings. The summed E-state index contributed by atoms with van der Waals surface area (Å²) >= 11 is 0. The van der Waals surface area contributed by atoms with Gasteiger partial charge >= 0.3 is 0 Å². The monoisotopic (exact) mass is 292 g/mol. The number of carbonyl (C=O) groups excluding carboxylic acids is 1. The average molecular weight is 292 g/mol. The predicted molar refractivity (Wildman–Crippen MR) is 78.7 cm³/mol. The molecule has 0 bridgehead atoms. The molecule has 3 rings (SSSR count). The van der Waals surface area contributed by atoms with Crippen molar-refractivity contribution in [3.05, 3.63) is 24.2 Å². The van der Waals surface area contributed by atoms with E-state index in [1.54, 1.807) is 6.26 Å². The lowest BCUT2D eigenvalue weighted by Crippen LogP contribution is -2.45. The third-order valence-corrected chi connectivity index (χ3v) is 4.35. The van der Waals surface area contributed by atoms with Gasteiger partial charge in [-0.2, -0.15) is 0 Å². The molecule has 0 spiro atoms. The second-order valence-corrected chi connectivity index (χ2v) is 5.94. The van der Waals surface area contributed by atoms with E-state index in [1.807, 2.05) is 17.0 Å². The minimum Gasteiger partial charge on any atom is -0.468 e. The number of likely N-dealkylation sites (tertiary alicyclic amines) is 1. The Morgan fingerprint density at radius 3 is 3.05 bits per heavy atom. The van der Waals surface area contributed by atoms with Crippen molar-refractivity contribution >= 4 is 5.91 Å². The van der Waals surface area contributed by atoms with E-state index < -0.39 is 0 Å². The van der Waals surface area contributed by atoms with Gasteiger partial charge < -0.3 is 14.1 Å². The Balaban J connectivity index is 1.55. The number of hydrogen-bond acceptors (Lipinski definition) is 4. The number of ether oxygens (including phenoxy) is 1. The van der Waals surface area contributed by atoms with E-state index in [0.717, 1.165) is 64.4 Å². The van der Waals surface area contributed by atoms with Crippen LogP contribution in [0.15, 0.2) is 22.8 Å². The first-order valence-electron chi connectivity index (χ1n) is 7.94. The van der Waals surface area contributed by atoms with Crippen molar-refractivity contribution in [2.24, 2.45) is 5.92 Å². The normalized spacial score (nSPS) is 24.8. The fourth-order valence-corrected chi connectivity index (χ4v) is 3.25. The molecule has 2 fully saturated rings. The van der Waals surface area contributed by atoms with Crippen molar-refractivity contribution in [3.63, 3.8) is 0 Å². The Morgan fingerprint density at radius 2 is 2.19 bits per heavy atom. The van der Waals surface area contributed by atoms with Crippen LogP contribution in [0.2, 0.25) is 0 Å². The Kier molecular flexibility index (Phi) is 4.93. The number of rotatable bonds is 3. The van der Waals surface area contributed by atoms with Crippen LogP contribution in [0.5, 0.6) is 0 Å². The third kappa shape index (κ3) is 3.86. The van der Waals surface area contributed by atoms with Gasteiger partial charge in [0.15, 0.2) is 0 Å². The van der Waals surface area contributed by atoms with Gasteiger partial charge in [-0.3, -0.25) is 9.69 Å². The Morgan fingerprint density at radius 1 is 1.24 bits per heavy atom. The second kappa shape index (κ2) is 7.09. The Bertz CT molecular complexity index is 438. The first kappa shape index (κ1) is 14.6. The van der Waals surface area contributed by atoms with Gasteiger partial charge in [0, 0.05) is 26.2 Å². The molecule has 5 heteroatoms. The van der Waals surface area contributed by atoms with E-state index in [9.17, 15) is 4.79 Å². The minimum absolute atomic E-state index is 0.131. The molecule has 21 heavy (non-hydrogen) atoms. The van der Waals surface area contributed by atoms with E-state index in [1.165, 1.54) is 0 Å². The van der Waals surface area contributed by atoms with Crippen LogP contribution in [0.3, 0.4) is 0 Å². The third-order valence-electron chi connectivity index (χ3n) is 4.35. The number of piperidine rings is 1. The van der Waals surface area contributed by atoms with Crippen LogP contribution >= 0.6 is 0 Å². The van der Waals surface area contributed by atoms with Crippen LogP contribution in [0.25, 0.3) is 0 Å². The molecule has 3 heterocycles. The van der Waals surface area contributed by atoms with E-state index >= 15 is 0 Å². The lowest BCUT2D eigenvalue weighted by Gasteiger charge is -2.34. The fraction of sp³-hybridized carbons (Fsp3) is 0.688. The number of hydrogen-bond donors (Lipinski definition) is 0. The second-order valence-electron chi connectivity index (χ2n) is 5.94. The highest BCUT2D eigenvalue weighted by Crippen LogP contribution is 2.21. The van der Waals surface area contributed by atoms with Crippen molar-refractivity contribution in [2.75, 3.05) is 39.4 Å². The van der Waals surface area contributed by atoms with Crippen LogP contribution in [0.4, 0.5) is 0 Å². The molecule has 0 N–H and O–H groups in total. The SMILES string of the molecule is O=C(C1CCCN(Cc2ccco2)C1)N1CCCOCC1. The van der Waals surface area contributed by atoms with Gasteiger partial charge in [0.25, 0.3) is 0 Å². The van der Waals surface area contributed by atoms with Crippen LogP contribution in [0, 0.1) is 5.92 Å². The van der Waals surface area contributed by atoms with E-state index in [4.69, 9.17) is 9.15 Å². The summed E-state index contributed by atoms with van der Waals surface area (Å²) in [6.07, 6.45) is 4.75. The molecule has 5 nitrogen and oxygen atoms in total. The Labute approximate surface area is 125 Å². The standard InChI is InChI=1S/C16H24N2O3/c19-16(18-7-3-9-20-11-8-18)14-4-1-6-17(12-14)13-15-5-2-10-21-15/h2,5,10,14H,1,3-4,6-9,11-13H2. The molecule has 0 saturated carbocycles. The Hall–Kier alpha value is -1.33. The summed E-state index contributed by atoms with van der Waals surface area (Å²) in [4.78, 5) is 17.0. The van der Waals surface area contributed by atoms with Crippen molar-refractivity contribution in [2.45, 2.75) is 25.8 Å². The van der Waals surface area contributed by atoms with Crippen LogP contribution in [-0.2, 0) is 16.1 Å². The highest BCUT2D eigenvalue weighted by Gasteiger charge is 2.29. The predicted octanol–water partition coefficient (Wildman–Crippen LogP) is 1.74. The molecule has 1 atom stereocenters. The van der Waals surface area contributed by atoms with Gasteiger partial charge in [-0.1, -0.05) is 0 Å². The molecule has 0 aromatic carbocycles. The maximum absolute atomic E-state index is 12.7. The number of nitrogens with zero attached hydrogens (tertiary/aromatic N) is 2. The lowest BCUT2D eigenvalue weighted by atomic mass is 9.96. The molecule has 116 valence electrons. The summed E-state index contributed by atoms with van der Waals surface area (Å²) in [5, 5.41) is 0. The molecule has 0 radical (unpaired) electrons. The van der Waals surface area contributed by atoms with Crippen molar-refractivity contribution in [3.8, 4) is 0 Å². The van der Waals surface area contributed by atoms with E-state index in [0.29, 0.717) is 12.5 Å². The zero-order chi connectivity index (χ0) is 14.5. The summed E-state index contributed by atoms with van der Waals surface area (Å²) in [6, 6.07) is 3.91. The molecule has 0 aliphatic carbocycles. The summed E-state index contributed by atoms with van der Waals surface area (Å²) < 4.78 is 10.8. The van der Waals surface area contributed by atoms with Gasteiger partial charge in [0.05, 0.1) is 25.3 Å². The van der Waals surface area contributed by atoms with Crippen LogP contribution < -0.4 is 0 Å². The van der Waals surface area contributed by atoms with Gasteiger partial charge in [0.1, 0.15) is 5.76 Å². The van der Waals surface area contributed by atoms with Gasteiger partial charge in [0.2, 0.25) is 5.91 Å². The van der Waals surface area contributed by atoms with Crippen LogP contribution in [-0.4, -0.2) is 55.1 Å². The molecule has 1 amide bonds. The van der Waals surface area contributed by atoms with Gasteiger partial charge in [-0.15, -0.1) is 0 Å². The van der Waals surface area contributed by atoms with Gasteiger partial charge in [-0.25, -0.2) is 0 Å². The highest BCUT2D eigenvalue weighted by molar-refractivity contribution is 5.79. The first-order valence-corrected chi connectivity index (χ1v) is 7.94.